The molecule has 0 spiro atoms. The van der Waals surface area contributed by atoms with Crippen molar-refractivity contribution in [3.8, 4) is 11.3 Å². The normalized spacial score (nSPS) is 14.6. The van der Waals surface area contributed by atoms with Gasteiger partial charge in [0.25, 0.3) is 17.7 Å². The molecule has 1 aliphatic carbocycles. The van der Waals surface area contributed by atoms with E-state index in [1.54, 1.807) is 36.5 Å². The number of aldehydes is 1. The molecule has 6 amide bonds. The number of nitrogens with two attached hydrogens (primary N) is 1. The number of carbonyl (C=O) groups is 7. The van der Waals surface area contributed by atoms with Crippen molar-refractivity contribution in [1.82, 2.24) is 40.9 Å². The lowest BCUT2D eigenvalue weighted by molar-refractivity contribution is -0.137. The number of fused-ring (bicyclic) bond motifs is 2. The Morgan fingerprint density at radius 3 is 2.35 bits per heavy atom. The molecule has 24 heteroatoms. The number of hydrogen-bond donors (Lipinski definition) is 6. The molecular formula is C55H66F3N11O10. The molecule has 1 unspecified atom stereocenters. The van der Waals surface area contributed by atoms with E-state index in [-0.39, 0.29) is 118 Å². The van der Waals surface area contributed by atoms with Crippen LogP contribution >= 0.6 is 0 Å². The van der Waals surface area contributed by atoms with Crippen LogP contribution in [0.2, 0.25) is 0 Å². The number of ether oxygens (including phenoxy) is 3. The number of hydrogen-bond acceptors (Lipinski definition) is 15. The molecule has 2 aliphatic rings. The van der Waals surface area contributed by atoms with Crippen LogP contribution in [0.15, 0.2) is 83.3 Å². The van der Waals surface area contributed by atoms with Crippen molar-refractivity contribution >= 4 is 76.9 Å². The Hall–Kier alpha value is -8.09. The third-order valence-corrected chi connectivity index (χ3v) is 13.1. The quantitative estimate of drug-likeness (QED) is 0.0116. The Morgan fingerprint density at radius 2 is 1.68 bits per heavy atom. The van der Waals surface area contributed by atoms with E-state index in [2.05, 4.69) is 48.2 Å². The maximum atomic E-state index is 13.6. The molecule has 4 aromatic rings. The number of benzene rings is 2. The molecule has 79 heavy (non-hydrogen) atoms. The molecule has 1 saturated carbocycles. The number of nitrogens with zero attached hydrogens (tertiary/aromatic N) is 5. The third-order valence-electron chi connectivity index (χ3n) is 13.1. The average Bonchev–Trinajstić information content (AvgIpc) is 4.10. The number of anilines is 2. The number of rotatable bonds is 30. The van der Waals surface area contributed by atoms with Crippen LogP contribution in [0.5, 0.6) is 0 Å². The van der Waals surface area contributed by atoms with E-state index in [1.165, 1.54) is 37.1 Å². The third kappa shape index (κ3) is 16.5. The number of allylic oxidation sites excluding steroid dienone is 3. The first kappa shape index (κ1) is 60.1. The number of imide groups is 1. The SMILES string of the molecule is C=N/C(=C\C(=C/C)C(F)(F)F)NC(=O)c1ccc(-c2[nH]nc3c(/C=C/CCN(CC(=O)NC4CCCCC4)C(=O)CCOCCOCCOCCNc4cccc5c4C(=O)N(C(CCC=O)C(=O)NC)C5=O)cnc(N)c23)cc1. The minimum Gasteiger partial charge on any atom is -0.383 e. The smallest absolute Gasteiger partial charge is 0.383 e. The number of aromatic amines is 1. The molecule has 0 saturated heterocycles. The highest BCUT2D eigenvalue weighted by molar-refractivity contribution is 6.25. The number of alkyl halides is 3. The number of aromatic nitrogens is 3. The van der Waals surface area contributed by atoms with Gasteiger partial charge in [-0.3, -0.25) is 38.8 Å². The van der Waals surface area contributed by atoms with Crippen LogP contribution in [0.3, 0.4) is 0 Å². The van der Waals surface area contributed by atoms with Gasteiger partial charge in [-0.2, -0.15) is 18.3 Å². The van der Waals surface area contributed by atoms with Gasteiger partial charge in [0, 0.05) is 61.2 Å². The predicted molar refractivity (Wildman–Crippen MR) is 290 cm³/mol. The van der Waals surface area contributed by atoms with E-state index in [1.807, 2.05) is 6.08 Å². The fraction of sp³-hybridized carbons (Fsp3) is 0.418. The van der Waals surface area contributed by atoms with E-state index < -0.39 is 41.4 Å². The summed E-state index contributed by atoms with van der Waals surface area (Å²) in [7, 11) is 1.40. The van der Waals surface area contributed by atoms with Gasteiger partial charge in [-0.15, -0.1) is 0 Å². The molecule has 422 valence electrons. The lowest BCUT2D eigenvalue weighted by Gasteiger charge is -2.26. The summed E-state index contributed by atoms with van der Waals surface area (Å²) in [5.41, 5.74) is 8.42. The van der Waals surface area contributed by atoms with Gasteiger partial charge >= 0.3 is 6.18 Å². The number of likely N-dealkylation sites (N-methyl/N-ethyl adjacent to an activating group) is 1. The summed E-state index contributed by atoms with van der Waals surface area (Å²) in [6, 6.07) is 9.96. The van der Waals surface area contributed by atoms with Crippen LogP contribution in [0.25, 0.3) is 28.2 Å². The summed E-state index contributed by atoms with van der Waals surface area (Å²) in [5, 5.41) is 19.0. The molecule has 0 radical (unpaired) electrons. The first-order chi connectivity index (χ1) is 38.1. The number of nitrogen functional groups attached to an aromatic ring is 1. The Balaban J connectivity index is 0.948. The number of amides is 6. The van der Waals surface area contributed by atoms with E-state index in [0.29, 0.717) is 58.7 Å². The van der Waals surface area contributed by atoms with Crippen LogP contribution in [-0.4, -0.2) is 158 Å². The zero-order valence-corrected chi connectivity index (χ0v) is 44.1. The van der Waals surface area contributed by atoms with Crippen molar-refractivity contribution in [2.45, 2.75) is 83.0 Å². The lowest BCUT2D eigenvalue weighted by atomic mass is 9.95. The summed E-state index contributed by atoms with van der Waals surface area (Å²) in [6.07, 6.45) is 8.12. The van der Waals surface area contributed by atoms with Crippen LogP contribution in [0.4, 0.5) is 24.7 Å². The highest BCUT2D eigenvalue weighted by Crippen LogP contribution is 2.34. The summed E-state index contributed by atoms with van der Waals surface area (Å²) >= 11 is 0. The van der Waals surface area contributed by atoms with E-state index in [9.17, 15) is 46.7 Å². The molecule has 0 bridgehead atoms. The number of carbonyl (C=O) groups excluding carboxylic acids is 7. The molecule has 7 N–H and O–H groups in total. The lowest BCUT2D eigenvalue weighted by Crippen LogP contribution is -2.48. The standard InChI is InChI=1S/C55H66F3N11O10/c1-4-38(55(56,57)58)32-43(60-2)65-51(73)36-20-18-35(19-21-36)48-47-49(67-66-48)37(33-63-50(47)59)12-8-9-24-68(34-44(71)64-39-13-6-5-7-14-39)45(72)22-26-77-28-30-79-31-29-78-27-23-62-41-16-10-15-40-46(41)54(76)69(53(40)75)42(17-11-25-70)52(74)61-3/h4,8,10,12,15-16,18-21,25,32-33,39,42,62H,2,5-7,9,11,13-14,17,22-24,26-31,34H2,1,3H3,(H2,59,63)(H,61,74)(H,64,71)(H,65,73)(H,66,67)/b12-8+,38-4+,43-32+. The Morgan fingerprint density at radius 1 is 0.975 bits per heavy atom. The highest BCUT2D eigenvalue weighted by atomic mass is 19.4. The second kappa shape index (κ2) is 29.6. The van der Waals surface area contributed by atoms with Crippen LogP contribution in [0, 0.1) is 0 Å². The summed E-state index contributed by atoms with van der Waals surface area (Å²) in [4.78, 5) is 100. The molecule has 1 atom stereocenters. The molecule has 1 aliphatic heterocycles. The molecule has 2 aromatic carbocycles. The van der Waals surface area contributed by atoms with Crippen molar-refractivity contribution < 1.29 is 60.9 Å². The monoisotopic (exact) mass is 1100 g/mol. The van der Waals surface area contributed by atoms with Gasteiger partial charge in [-0.05, 0) is 69.7 Å². The number of nitrogens with one attached hydrogen (secondary N) is 5. The minimum atomic E-state index is -4.65. The molecular weight excluding hydrogens is 1030 g/mol. The molecule has 2 aromatic heterocycles. The van der Waals surface area contributed by atoms with Gasteiger partial charge in [-0.25, -0.2) is 9.98 Å². The van der Waals surface area contributed by atoms with Crippen LogP contribution in [-0.2, 0) is 33.4 Å². The predicted octanol–water partition coefficient (Wildman–Crippen LogP) is 5.91. The van der Waals surface area contributed by atoms with Gasteiger partial charge < -0.3 is 50.9 Å². The largest absolute Gasteiger partial charge is 0.416 e. The maximum absolute atomic E-state index is 13.6. The number of pyridine rings is 1. The minimum absolute atomic E-state index is 0.000394. The number of halogens is 3. The topological polar surface area (TPSA) is 282 Å². The summed E-state index contributed by atoms with van der Waals surface area (Å²) in [5.74, 6) is -3.17. The molecule has 21 nitrogen and oxygen atoms in total. The average molecular weight is 1100 g/mol. The number of aliphatic imine (C=N–C) groups is 1. The van der Waals surface area contributed by atoms with Gasteiger partial charge in [0.1, 0.15) is 29.5 Å². The number of H-pyrrole nitrogens is 1. The second-order valence-electron chi connectivity index (χ2n) is 18.4. The van der Waals surface area contributed by atoms with Crippen molar-refractivity contribution in [2.75, 3.05) is 77.4 Å². The highest BCUT2D eigenvalue weighted by Gasteiger charge is 2.43. The Kier molecular flexibility index (Phi) is 22.5. The molecule has 6 rings (SSSR count). The zero-order chi connectivity index (χ0) is 56.9. The first-order valence-electron chi connectivity index (χ1n) is 25.9. The van der Waals surface area contributed by atoms with Gasteiger partial charge in [0.15, 0.2) is 0 Å². The fourth-order valence-corrected chi connectivity index (χ4v) is 9.02. The van der Waals surface area contributed by atoms with Gasteiger partial charge in [0.2, 0.25) is 17.7 Å². The summed E-state index contributed by atoms with van der Waals surface area (Å²) in [6.45, 7) is 6.20. The van der Waals surface area contributed by atoms with E-state index >= 15 is 0 Å². The van der Waals surface area contributed by atoms with Crippen molar-refractivity contribution in [1.29, 1.82) is 0 Å². The van der Waals surface area contributed by atoms with E-state index in [4.69, 9.17) is 19.9 Å². The van der Waals surface area contributed by atoms with Crippen LogP contribution < -0.4 is 27.0 Å². The molecule has 3 heterocycles. The Labute approximate surface area is 454 Å². The maximum Gasteiger partial charge on any atom is 0.416 e. The van der Waals surface area contributed by atoms with Crippen molar-refractivity contribution in [2.24, 2.45) is 4.99 Å². The molecule has 1 fully saturated rings. The van der Waals surface area contributed by atoms with Crippen molar-refractivity contribution in [3.63, 3.8) is 0 Å². The second-order valence-corrected chi connectivity index (χ2v) is 18.4. The van der Waals surface area contributed by atoms with Gasteiger partial charge in [-0.1, -0.05) is 55.7 Å². The zero-order valence-electron chi connectivity index (χ0n) is 44.1. The Bertz CT molecular complexity index is 2920. The fourth-order valence-electron chi connectivity index (χ4n) is 9.02. The van der Waals surface area contributed by atoms with E-state index in [0.717, 1.165) is 43.1 Å². The van der Waals surface area contributed by atoms with Crippen molar-refractivity contribution in [3.05, 3.63) is 101 Å². The first-order valence-corrected chi connectivity index (χ1v) is 25.9. The van der Waals surface area contributed by atoms with Gasteiger partial charge in [0.05, 0.1) is 80.4 Å². The summed E-state index contributed by atoms with van der Waals surface area (Å²) < 4.78 is 56.8. The van der Waals surface area contributed by atoms with Crippen LogP contribution in [0.1, 0.15) is 101 Å².